The summed E-state index contributed by atoms with van der Waals surface area (Å²) in [6.07, 6.45) is 3.37. The van der Waals surface area contributed by atoms with Gasteiger partial charge in [0.25, 0.3) is 0 Å². The van der Waals surface area contributed by atoms with Crippen LogP contribution in [0.5, 0.6) is 0 Å². The third-order valence-corrected chi connectivity index (χ3v) is 3.95. The number of halogens is 1. The molecule has 3 aromatic rings. The number of aryl methyl sites for hydroxylation is 1. The Labute approximate surface area is 114 Å². The lowest BCUT2D eigenvalue weighted by atomic mass is 10.1. The number of rotatable bonds is 2. The lowest BCUT2D eigenvalue weighted by Gasteiger charge is -1.98. The van der Waals surface area contributed by atoms with Crippen molar-refractivity contribution >= 4 is 22.9 Å². The maximum Gasteiger partial charge on any atom is 0.127 e. The number of hydrogen-bond donors (Lipinski definition) is 0. The Morgan fingerprint density at radius 3 is 2.56 bits per heavy atom. The number of thiazole rings is 1. The Bertz CT molecular complexity index is 656. The van der Waals surface area contributed by atoms with E-state index in [4.69, 9.17) is 16.0 Å². The first kappa shape index (κ1) is 11.5. The minimum absolute atomic E-state index is 0.738. The molecule has 0 N–H and O–H groups in total. The third kappa shape index (κ3) is 2.07. The molecule has 3 rings (SSSR count). The second-order valence-electron chi connectivity index (χ2n) is 3.94. The van der Waals surface area contributed by atoms with Gasteiger partial charge in [0.1, 0.15) is 11.3 Å². The molecule has 0 bridgehead atoms. The topological polar surface area (TPSA) is 26.0 Å². The van der Waals surface area contributed by atoms with E-state index in [2.05, 4.69) is 11.9 Å². The summed E-state index contributed by atoms with van der Waals surface area (Å²) in [4.78, 5) is 5.86. The number of benzene rings is 1. The van der Waals surface area contributed by atoms with E-state index in [9.17, 15) is 0 Å². The van der Waals surface area contributed by atoms with Gasteiger partial charge in [-0.3, -0.25) is 0 Å². The summed E-state index contributed by atoms with van der Waals surface area (Å²) in [6, 6.07) is 9.66. The molecule has 18 heavy (non-hydrogen) atoms. The van der Waals surface area contributed by atoms with Gasteiger partial charge in [-0.1, -0.05) is 23.7 Å². The average Bonchev–Trinajstić information content (AvgIpc) is 2.99. The number of hydrogen-bond acceptors (Lipinski definition) is 3. The Morgan fingerprint density at radius 1 is 1.11 bits per heavy atom. The van der Waals surface area contributed by atoms with Gasteiger partial charge in [-0.05, 0) is 25.1 Å². The molecule has 4 heteroatoms. The van der Waals surface area contributed by atoms with Crippen molar-refractivity contribution in [3.05, 3.63) is 52.8 Å². The summed E-state index contributed by atoms with van der Waals surface area (Å²) in [5.41, 5.74) is 3.11. The van der Waals surface area contributed by atoms with Crippen molar-refractivity contribution in [3.63, 3.8) is 0 Å². The van der Waals surface area contributed by atoms with E-state index >= 15 is 0 Å². The van der Waals surface area contributed by atoms with Gasteiger partial charge in [0.05, 0.1) is 12.0 Å². The summed E-state index contributed by atoms with van der Waals surface area (Å²) in [5.74, 6) is 0. The zero-order valence-corrected chi connectivity index (χ0v) is 11.3. The van der Waals surface area contributed by atoms with E-state index in [0.29, 0.717) is 0 Å². The summed E-state index contributed by atoms with van der Waals surface area (Å²) in [7, 11) is 0. The molecule has 0 spiro atoms. The highest BCUT2D eigenvalue weighted by Crippen LogP contribution is 2.33. The van der Waals surface area contributed by atoms with E-state index in [1.165, 1.54) is 4.88 Å². The quantitative estimate of drug-likeness (QED) is 0.655. The minimum atomic E-state index is 0.738. The summed E-state index contributed by atoms with van der Waals surface area (Å²) >= 11 is 7.56. The van der Waals surface area contributed by atoms with Crippen LogP contribution in [-0.4, -0.2) is 4.98 Å². The Hall–Kier alpha value is -1.58. The number of nitrogens with zero attached hydrogens (tertiary/aromatic N) is 1. The van der Waals surface area contributed by atoms with Crippen LogP contribution in [0, 0.1) is 6.92 Å². The van der Waals surface area contributed by atoms with Crippen LogP contribution in [0.25, 0.3) is 21.8 Å². The molecule has 2 nitrogen and oxygen atoms in total. The van der Waals surface area contributed by atoms with Crippen molar-refractivity contribution in [1.82, 2.24) is 4.98 Å². The predicted molar refractivity (Wildman–Crippen MR) is 75.0 cm³/mol. The zero-order valence-electron chi connectivity index (χ0n) is 9.68. The fourth-order valence-corrected chi connectivity index (χ4v) is 2.83. The van der Waals surface area contributed by atoms with Crippen LogP contribution in [0.1, 0.15) is 4.88 Å². The standard InChI is InChI=1S/C14H10ClNOS/c1-9-13(10-2-4-12(15)5-3-10)16-14(18-9)11-6-7-17-8-11/h2-8H,1H3. The molecule has 0 saturated heterocycles. The van der Waals surface area contributed by atoms with E-state index in [1.807, 2.05) is 30.3 Å². The molecule has 2 aromatic heterocycles. The lowest BCUT2D eigenvalue weighted by Crippen LogP contribution is -1.80. The molecule has 0 atom stereocenters. The number of aromatic nitrogens is 1. The van der Waals surface area contributed by atoms with Gasteiger partial charge in [-0.25, -0.2) is 4.98 Å². The molecule has 0 aliphatic carbocycles. The normalized spacial score (nSPS) is 10.8. The highest BCUT2D eigenvalue weighted by Gasteiger charge is 2.11. The maximum absolute atomic E-state index is 5.90. The fraction of sp³-hybridized carbons (Fsp3) is 0.0714. The van der Waals surface area contributed by atoms with Gasteiger partial charge in [-0.2, -0.15) is 0 Å². The lowest BCUT2D eigenvalue weighted by molar-refractivity contribution is 0.568. The first-order valence-electron chi connectivity index (χ1n) is 5.50. The highest BCUT2D eigenvalue weighted by molar-refractivity contribution is 7.15. The van der Waals surface area contributed by atoms with Crippen molar-refractivity contribution < 1.29 is 4.42 Å². The SMILES string of the molecule is Cc1sc(-c2ccoc2)nc1-c1ccc(Cl)cc1. The van der Waals surface area contributed by atoms with Gasteiger partial charge in [-0.15, -0.1) is 11.3 Å². The predicted octanol–water partition coefficient (Wildman–Crippen LogP) is 5.03. The Balaban J connectivity index is 2.06. The Kier molecular flexibility index (Phi) is 2.94. The van der Waals surface area contributed by atoms with Crippen molar-refractivity contribution in [3.8, 4) is 21.8 Å². The fourth-order valence-electron chi connectivity index (χ4n) is 1.78. The van der Waals surface area contributed by atoms with E-state index in [0.717, 1.165) is 26.9 Å². The third-order valence-electron chi connectivity index (χ3n) is 2.68. The van der Waals surface area contributed by atoms with Crippen molar-refractivity contribution in [2.24, 2.45) is 0 Å². The van der Waals surface area contributed by atoms with Crippen LogP contribution < -0.4 is 0 Å². The van der Waals surface area contributed by atoms with E-state index < -0.39 is 0 Å². The molecule has 2 heterocycles. The van der Waals surface area contributed by atoms with Gasteiger partial charge in [0.2, 0.25) is 0 Å². The van der Waals surface area contributed by atoms with Crippen LogP contribution in [0.15, 0.2) is 47.3 Å². The van der Waals surface area contributed by atoms with Crippen LogP contribution in [0.2, 0.25) is 5.02 Å². The molecule has 0 radical (unpaired) electrons. The second kappa shape index (κ2) is 4.59. The molecule has 0 saturated carbocycles. The molecular weight excluding hydrogens is 266 g/mol. The molecule has 0 aliphatic rings. The molecule has 90 valence electrons. The van der Waals surface area contributed by atoms with Crippen LogP contribution in [0.4, 0.5) is 0 Å². The molecule has 0 aliphatic heterocycles. The van der Waals surface area contributed by atoms with Crippen LogP contribution in [0.3, 0.4) is 0 Å². The largest absolute Gasteiger partial charge is 0.472 e. The van der Waals surface area contributed by atoms with Gasteiger partial charge < -0.3 is 4.42 Å². The highest BCUT2D eigenvalue weighted by atomic mass is 35.5. The first-order chi connectivity index (χ1) is 8.74. The van der Waals surface area contributed by atoms with Crippen molar-refractivity contribution in [1.29, 1.82) is 0 Å². The molecule has 0 unspecified atom stereocenters. The summed E-state index contributed by atoms with van der Waals surface area (Å²) < 4.78 is 5.09. The van der Waals surface area contributed by atoms with Crippen molar-refractivity contribution in [2.75, 3.05) is 0 Å². The Morgan fingerprint density at radius 2 is 1.89 bits per heavy atom. The first-order valence-corrected chi connectivity index (χ1v) is 6.69. The molecule has 0 amide bonds. The van der Waals surface area contributed by atoms with Crippen LogP contribution >= 0.6 is 22.9 Å². The van der Waals surface area contributed by atoms with Crippen LogP contribution in [-0.2, 0) is 0 Å². The minimum Gasteiger partial charge on any atom is -0.472 e. The van der Waals surface area contributed by atoms with Gasteiger partial charge >= 0.3 is 0 Å². The van der Waals surface area contributed by atoms with Crippen molar-refractivity contribution in [2.45, 2.75) is 6.92 Å². The summed E-state index contributed by atoms with van der Waals surface area (Å²) in [6.45, 7) is 2.07. The monoisotopic (exact) mass is 275 g/mol. The van der Waals surface area contributed by atoms with E-state index in [-0.39, 0.29) is 0 Å². The summed E-state index contributed by atoms with van der Waals surface area (Å²) in [5, 5.41) is 1.72. The maximum atomic E-state index is 5.90. The smallest absolute Gasteiger partial charge is 0.127 e. The van der Waals surface area contributed by atoms with E-state index in [1.54, 1.807) is 23.9 Å². The van der Waals surface area contributed by atoms with Gasteiger partial charge in [0, 0.05) is 21.0 Å². The molecular formula is C14H10ClNOS. The number of furan rings is 1. The molecule has 0 fully saturated rings. The second-order valence-corrected chi connectivity index (χ2v) is 5.58. The molecule has 1 aromatic carbocycles. The average molecular weight is 276 g/mol. The zero-order chi connectivity index (χ0) is 12.5. The van der Waals surface area contributed by atoms with Gasteiger partial charge in [0.15, 0.2) is 0 Å².